The van der Waals surface area contributed by atoms with Crippen molar-refractivity contribution in [1.29, 1.82) is 0 Å². The Labute approximate surface area is 130 Å². The Morgan fingerprint density at radius 1 is 1.43 bits per heavy atom. The molecule has 5 nitrogen and oxygen atoms in total. The van der Waals surface area contributed by atoms with Gasteiger partial charge in [0, 0.05) is 25.7 Å². The number of anilines is 1. The van der Waals surface area contributed by atoms with Crippen LogP contribution in [0.2, 0.25) is 5.02 Å². The number of hydrogen-bond donors (Lipinski definition) is 1. The highest BCUT2D eigenvalue weighted by molar-refractivity contribution is 6.33. The third-order valence-corrected chi connectivity index (χ3v) is 5.25. The Balaban J connectivity index is 1.85. The molecule has 6 heteroatoms. The van der Waals surface area contributed by atoms with Gasteiger partial charge in [-0.1, -0.05) is 24.9 Å². The average molecular weight is 311 g/mol. The number of hydrogen-bond acceptors (Lipinski definition) is 4. The van der Waals surface area contributed by atoms with Crippen molar-refractivity contribution in [2.24, 2.45) is 17.6 Å². The van der Waals surface area contributed by atoms with E-state index in [0.29, 0.717) is 23.4 Å². The molecule has 1 saturated carbocycles. The highest BCUT2D eigenvalue weighted by Crippen LogP contribution is 2.38. The second kappa shape index (κ2) is 5.97. The minimum Gasteiger partial charge on any atom is -0.368 e. The van der Waals surface area contributed by atoms with Gasteiger partial charge in [-0.2, -0.15) is 5.10 Å². The topological polar surface area (TPSA) is 64.2 Å². The van der Waals surface area contributed by atoms with Gasteiger partial charge in [0.05, 0.1) is 11.9 Å². The molecule has 0 bridgehead atoms. The van der Waals surface area contributed by atoms with Gasteiger partial charge >= 0.3 is 0 Å². The summed E-state index contributed by atoms with van der Waals surface area (Å²) in [5.74, 6) is 1.15. The van der Waals surface area contributed by atoms with E-state index in [1.165, 1.54) is 17.5 Å². The van der Waals surface area contributed by atoms with E-state index in [0.717, 1.165) is 31.6 Å². The van der Waals surface area contributed by atoms with E-state index in [9.17, 15) is 4.79 Å². The molecule has 2 fully saturated rings. The summed E-state index contributed by atoms with van der Waals surface area (Å²) in [7, 11) is 0. The molecule has 0 amide bonds. The number of nitrogens with zero attached hydrogens (tertiary/aromatic N) is 3. The van der Waals surface area contributed by atoms with E-state index in [-0.39, 0.29) is 11.6 Å². The lowest BCUT2D eigenvalue weighted by Crippen LogP contribution is -2.38. The third-order valence-electron chi connectivity index (χ3n) is 4.90. The Morgan fingerprint density at radius 3 is 2.95 bits per heavy atom. The van der Waals surface area contributed by atoms with Crippen LogP contribution in [-0.2, 0) is 6.54 Å². The normalized spacial score (nSPS) is 28.7. The maximum absolute atomic E-state index is 12.2. The van der Waals surface area contributed by atoms with Crippen molar-refractivity contribution in [3.8, 4) is 0 Å². The number of rotatable bonds is 3. The molecule has 1 aromatic rings. The summed E-state index contributed by atoms with van der Waals surface area (Å²) < 4.78 is 1.45. The molecule has 2 heterocycles. The molecule has 0 spiro atoms. The van der Waals surface area contributed by atoms with Crippen molar-refractivity contribution < 1.29 is 0 Å². The fourth-order valence-corrected chi connectivity index (χ4v) is 4.03. The van der Waals surface area contributed by atoms with Crippen LogP contribution in [0.3, 0.4) is 0 Å². The van der Waals surface area contributed by atoms with Crippen molar-refractivity contribution in [1.82, 2.24) is 9.78 Å². The van der Waals surface area contributed by atoms with Crippen LogP contribution in [0.5, 0.6) is 0 Å². The lowest BCUT2D eigenvalue weighted by molar-refractivity contribution is 0.260. The molecule has 116 valence electrons. The minimum atomic E-state index is -0.185. The van der Waals surface area contributed by atoms with Crippen LogP contribution in [-0.4, -0.2) is 28.9 Å². The Hall–Kier alpha value is -1.07. The van der Waals surface area contributed by atoms with Gasteiger partial charge in [-0.3, -0.25) is 4.79 Å². The zero-order valence-electron chi connectivity index (χ0n) is 12.5. The van der Waals surface area contributed by atoms with Crippen molar-refractivity contribution in [3.05, 3.63) is 21.6 Å². The van der Waals surface area contributed by atoms with Gasteiger partial charge < -0.3 is 10.6 Å². The van der Waals surface area contributed by atoms with Gasteiger partial charge in [0.1, 0.15) is 5.02 Å². The molecule has 2 aliphatic rings. The minimum absolute atomic E-state index is 0.185. The SMILES string of the molecule is CCCn1ncc(N2CC3CCCC(N)C3C2)c(Cl)c1=O. The van der Waals surface area contributed by atoms with Crippen LogP contribution in [0.15, 0.2) is 11.0 Å². The summed E-state index contributed by atoms with van der Waals surface area (Å²) in [6, 6.07) is 0.279. The van der Waals surface area contributed by atoms with Crippen LogP contribution in [0.1, 0.15) is 32.6 Å². The molecule has 3 atom stereocenters. The van der Waals surface area contributed by atoms with Crippen molar-refractivity contribution in [2.75, 3.05) is 18.0 Å². The number of nitrogens with two attached hydrogens (primary N) is 1. The Kier molecular flexibility index (Phi) is 4.22. The molecule has 3 unspecified atom stereocenters. The van der Waals surface area contributed by atoms with Crippen molar-refractivity contribution in [2.45, 2.75) is 45.2 Å². The van der Waals surface area contributed by atoms with Crippen LogP contribution < -0.4 is 16.2 Å². The predicted octanol–water partition coefficient (Wildman–Crippen LogP) is 1.87. The summed E-state index contributed by atoms with van der Waals surface area (Å²) in [6.07, 6.45) is 6.15. The van der Waals surface area contributed by atoms with Gasteiger partial charge in [0.25, 0.3) is 5.56 Å². The van der Waals surface area contributed by atoms with Crippen LogP contribution in [0, 0.1) is 11.8 Å². The van der Waals surface area contributed by atoms with Crippen LogP contribution in [0.25, 0.3) is 0 Å². The van der Waals surface area contributed by atoms with E-state index in [2.05, 4.69) is 10.00 Å². The molecule has 1 aliphatic heterocycles. The van der Waals surface area contributed by atoms with Gasteiger partial charge in [-0.05, 0) is 31.1 Å². The Bertz CT molecular complexity index is 573. The predicted molar refractivity (Wildman–Crippen MR) is 84.8 cm³/mol. The highest BCUT2D eigenvalue weighted by atomic mass is 35.5. The first-order valence-electron chi connectivity index (χ1n) is 7.88. The molecule has 1 saturated heterocycles. The first kappa shape index (κ1) is 14.9. The number of aryl methyl sites for hydroxylation is 1. The summed E-state index contributed by atoms with van der Waals surface area (Å²) in [5.41, 5.74) is 6.84. The maximum Gasteiger partial charge on any atom is 0.287 e. The van der Waals surface area contributed by atoms with Crippen molar-refractivity contribution in [3.63, 3.8) is 0 Å². The number of fused-ring (bicyclic) bond motifs is 1. The molecular formula is C15H23ClN4O. The second-order valence-electron chi connectivity index (χ2n) is 6.30. The van der Waals surface area contributed by atoms with E-state index in [1.807, 2.05) is 6.92 Å². The molecule has 21 heavy (non-hydrogen) atoms. The molecule has 0 radical (unpaired) electrons. The standard InChI is InChI=1S/C15H23ClN4O/c1-2-6-20-15(21)14(16)13(7-18-20)19-8-10-4-3-5-12(17)11(10)9-19/h7,10-12H,2-6,8-9,17H2,1H3. The zero-order valence-corrected chi connectivity index (χ0v) is 13.2. The smallest absolute Gasteiger partial charge is 0.287 e. The fourth-order valence-electron chi connectivity index (χ4n) is 3.76. The van der Waals surface area contributed by atoms with Gasteiger partial charge in [0.2, 0.25) is 0 Å². The highest BCUT2D eigenvalue weighted by Gasteiger charge is 2.39. The molecule has 1 aromatic heterocycles. The second-order valence-corrected chi connectivity index (χ2v) is 6.67. The first-order valence-corrected chi connectivity index (χ1v) is 8.25. The van der Waals surface area contributed by atoms with Gasteiger partial charge in [-0.25, -0.2) is 4.68 Å². The lowest BCUT2D eigenvalue weighted by atomic mass is 9.78. The zero-order chi connectivity index (χ0) is 15.0. The molecule has 0 aromatic carbocycles. The van der Waals surface area contributed by atoms with Crippen LogP contribution >= 0.6 is 11.6 Å². The summed E-state index contributed by atoms with van der Waals surface area (Å²) in [6.45, 7) is 4.46. The fraction of sp³-hybridized carbons (Fsp3) is 0.733. The summed E-state index contributed by atoms with van der Waals surface area (Å²) in [4.78, 5) is 14.4. The van der Waals surface area contributed by atoms with Gasteiger partial charge in [0.15, 0.2) is 0 Å². The van der Waals surface area contributed by atoms with E-state index in [4.69, 9.17) is 17.3 Å². The maximum atomic E-state index is 12.2. The molecule has 3 rings (SSSR count). The average Bonchev–Trinajstić information content (AvgIpc) is 2.89. The quantitative estimate of drug-likeness (QED) is 0.925. The van der Waals surface area contributed by atoms with E-state index in [1.54, 1.807) is 6.20 Å². The third kappa shape index (κ3) is 2.69. The molecule has 1 aliphatic carbocycles. The lowest BCUT2D eigenvalue weighted by Gasteiger charge is -2.29. The molecule has 2 N–H and O–H groups in total. The monoisotopic (exact) mass is 310 g/mol. The number of aromatic nitrogens is 2. The van der Waals surface area contributed by atoms with Crippen LogP contribution in [0.4, 0.5) is 5.69 Å². The van der Waals surface area contributed by atoms with E-state index < -0.39 is 0 Å². The summed E-state index contributed by atoms with van der Waals surface area (Å²) >= 11 is 6.30. The van der Waals surface area contributed by atoms with Crippen molar-refractivity contribution >= 4 is 17.3 Å². The van der Waals surface area contributed by atoms with Gasteiger partial charge in [-0.15, -0.1) is 0 Å². The Morgan fingerprint density at radius 2 is 2.24 bits per heavy atom. The first-order chi connectivity index (χ1) is 10.1. The summed E-state index contributed by atoms with van der Waals surface area (Å²) in [5, 5.41) is 4.55. The molecular weight excluding hydrogens is 288 g/mol. The number of halogens is 1. The largest absolute Gasteiger partial charge is 0.368 e. The van der Waals surface area contributed by atoms with E-state index >= 15 is 0 Å².